The van der Waals surface area contributed by atoms with Crippen molar-refractivity contribution in [2.75, 3.05) is 0 Å². The van der Waals surface area contributed by atoms with Gasteiger partial charge in [0.1, 0.15) is 5.60 Å². The predicted molar refractivity (Wildman–Crippen MR) is 61.0 cm³/mol. The van der Waals surface area contributed by atoms with E-state index in [1.54, 1.807) is 10.9 Å². The summed E-state index contributed by atoms with van der Waals surface area (Å²) in [6, 6.07) is 0. The van der Waals surface area contributed by atoms with Gasteiger partial charge in [0, 0.05) is 25.2 Å². The molecular weight excluding hydrogens is 204 g/mol. The molecule has 1 aliphatic heterocycles. The summed E-state index contributed by atoms with van der Waals surface area (Å²) in [7, 11) is 1.85. The van der Waals surface area contributed by atoms with Gasteiger partial charge in [-0.15, -0.1) is 0 Å². The first-order valence-electron chi connectivity index (χ1n) is 5.58. The van der Waals surface area contributed by atoms with Crippen LogP contribution in [0, 0.1) is 0 Å². The Morgan fingerprint density at radius 1 is 1.38 bits per heavy atom. The van der Waals surface area contributed by atoms with Crippen molar-refractivity contribution >= 4 is 0 Å². The highest BCUT2D eigenvalue weighted by atomic mass is 16.5. The molecule has 90 valence electrons. The number of hydrogen-bond donors (Lipinski definition) is 1. The summed E-state index contributed by atoms with van der Waals surface area (Å²) >= 11 is 0. The minimum Gasteiger partial charge on any atom is -0.382 e. The summed E-state index contributed by atoms with van der Waals surface area (Å²) in [6.45, 7) is 7.86. The first-order valence-corrected chi connectivity index (χ1v) is 5.58. The summed E-state index contributed by atoms with van der Waals surface area (Å²) in [5.74, 6) is 0. The molecule has 1 saturated heterocycles. The molecule has 0 aromatic carbocycles. The second-order valence-corrected chi connectivity index (χ2v) is 5.81. The lowest BCUT2D eigenvalue weighted by Gasteiger charge is -2.34. The Hall–Kier alpha value is -0.870. The van der Waals surface area contributed by atoms with E-state index in [0.717, 1.165) is 5.56 Å². The Morgan fingerprint density at radius 3 is 2.38 bits per heavy atom. The van der Waals surface area contributed by atoms with Crippen LogP contribution in [0.15, 0.2) is 12.4 Å². The third-order valence-electron chi connectivity index (χ3n) is 3.39. The van der Waals surface area contributed by atoms with Crippen LogP contribution in [0.3, 0.4) is 0 Å². The molecule has 1 N–H and O–H groups in total. The number of aryl methyl sites for hydroxylation is 1. The molecule has 1 fully saturated rings. The quantitative estimate of drug-likeness (QED) is 0.788. The fourth-order valence-electron chi connectivity index (χ4n) is 2.72. The van der Waals surface area contributed by atoms with Crippen molar-refractivity contribution in [2.45, 2.75) is 50.9 Å². The van der Waals surface area contributed by atoms with Crippen LogP contribution in [0.1, 0.15) is 39.7 Å². The van der Waals surface area contributed by atoms with Crippen molar-refractivity contribution in [1.82, 2.24) is 9.78 Å². The second-order valence-electron chi connectivity index (χ2n) is 5.81. The third kappa shape index (κ3) is 1.57. The topological polar surface area (TPSA) is 47.3 Å². The first-order chi connectivity index (χ1) is 7.16. The lowest BCUT2D eigenvalue weighted by molar-refractivity contribution is -0.129. The van der Waals surface area contributed by atoms with Crippen LogP contribution in [0.5, 0.6) is 0 Å². The van der Waals surface area contributed by atoms with Crippen LogP contribution in [0.2, 0.25) is 0 Å². The Bertz CT molecular complexity index is 409. The van der Waals surface area contributed by atoms with Crippen LogP contribution >= 0.6 is 0 Å². The lowest BCUT2D eigenvalue weighted by atomic mass is 9.78. The summed E-state index contributed by atoms with van der Waals surface area (Å²) in [5, 5.41) is 15.0. The van der Waals surface area contributed by atoms with E-state index in [0.29, 0.717) is 6.42 Å². The van der Waals surface area contributed by atoms with Crippen LogP contribution < -0.4 is 0 Å². The van der Waals surface area contributed by atoms with Crippen molar-refractivity contribution in [3.8, 4) is 0 Å². The van der Waals surface area contributed by atoms with E-state index in [-0.39, 0.29) is 5.60 Å². The summed E-state index contributed by atoms with van der Waals surface area (Å²) < 4.78 is 7.63. The van der Waals surface area contributed by atoms with Crippen LogP contribution in [-0.2, 0) is 17.4 Å². The molecule has 1 aliphatic rings. The third-order valence-corrected chi connectivity index (χ3v) is 3.39. The van der Waals surface area contributed by atoms with Gasteiger partial charge in [-0.25, -0.2) is 0 Å². The molecule has 0 saturated carbocycles. The molecule has 0 radical (unpaired) electrons. The van der Waals surface area contributed by atoms with Gasteiger partial charge in [-0.3, -0.25) is 4.68 Å². The lowest BCUT2D eigenvalue weighted by Crippen LogP contribution is -2.43. The average Bonchev–Trinajstić information content (AvgIpc) is 2.53. The average molecular weight is 224 g/mol. The van der Waals surface area contributed by atoms with E-state index in [1.165, 1.54) is 0 Å². The van der Waals surface area contributed by atoms with Crippen LogP contribution in [-0.4, -0.2) is 26.1 Å². The molecule has 0 aliphatic carbocycles. The van der Waals surface area contributed by atoms with Gasteiger partial charge in [-0.1, -0.05) is 0 Å². The number of hydrogen-bond acceptors (Lipinski definition) is 3. The molecule has 1 unspecified atom stereocenters. The zero-order valence-electron chi connectivity index (χ0n) is 10.6. The largest absolute Gasteiger partial charge is 0.382 e. The molecule has 0 bridgehead atoms. The number of ether oxygens (including phenoxy) is 1. The van der Waals surface area contributed by atoms with Crippen molar-refractivity contribution < 1.29 is 9.84 Å². The van der Waals surface area contributed by atoms with Gasteiger partial charge in [0.2, 0.25) is 0 Å². The van der Waals surface area contributed by atoms with Crippen LogP contribution in [0.25, 0.3) is 0 Å². The molecule has 4 heteroatoms. The molecule has 2 rings (SSSR count). The molecule has 2 heterocycles. The fraction of sp³-hybridized carbons (Fsp3) is 0.750. The summed E-state index contributed by atoms with van der Waals surface area (Å²) in [5.41, 5.74) is -1.05. The number of nitrogens with zero attached hydrogens (tertiary/aromatic N) is 2. The van der Waals surface area contributed by atoms with E-state index in [1.807, 2.05) is 40.9 Å². The van der Waals surface area contributed by atoms with E-state index in [2.05, 4.69) is 5.10 Å². The molecule has 1 atom stereocenters. The van der Waals surface area contributed by atoms with Gasteiger partial charge in [-0.2, -0.15) is 5.10 Å². The number of rotatable bonds is 1. The van der Waals surface area contributed by atoms with Gasteiger partial charge < -0.3 is 9.84 Å². The summed E-state index contributed by atoms with van der Waals surface area (Å²) in [4.78, 5) is 0. The molecule has 0 amide bonds. The van der Waals surface area contributed by atoms with Gasteiger partial charge in [0.25, 0.3) is 0 Å². The second kappa shape index (κ2) is 3.08. The van der Waals surface area contributed by atoms with Gasteiger partial charge in [0.05, 0.1) is 17.4 Å². The van der Waals surface area contributed by atoms with E-state index >= 15 is 0 Å². The van der Waals surface area contributed by atoms with Crippen molar-refractivity contribution in [3.05, 3.63) is 18.0 Å². The highest BCUT2D eigenvalue weighted by Gasteiger charge is 2.57. The number of aliphatic hydroxyl groups is 1. The van der Waals surface area contributed by atoms with Gasteiger partial charge in [-0.05, 0) is 27.7 Å². The van der Waals surface area contributed by atoms with E-state index in [4.69, 9.17) is 4.74 Å². The maximum Gasteiger partial charge on any atom is 0.124 e. The zero-order chi connectivity index (χ0) is 12.2. The van der Waals surface area contributed by atoms with Crippen molar-refractivity contribution in [1.29, 1.82) is 0 Å². The standard InChI is InChI=1S/C12H20N2O2/c1-10(2)8-12(15,11(3,4)16-10)9-6-13-14(5)7-9/h6-7,15H,8H2,1-5H3. The predicted octanol–water partition coefficient (Wildman–Crippen LogP) is 1.59. The first kappa shape index (κ1) is 11.6. The van der Waals surface area contributed by atoms with Gasteiger partial charge in [0.15, 0.2) is 0 Å². The van der Waals surface area contributed by atoms with Crippen LogP contribution in [0.4, 0.5) is 0 Å². The fourth-order valence-corrected chi connectivity index (χ4v) is 2.72. The Morgan fingerprint density at radius 2 is 2.00 bits per heavy atom. The highest BCUT2D eigenvalue weighted by Crippen LogP contribution is 2.50. The maximum atomic E-state index is 10.9. The Kier molecular flexibility index (Phi) is 2.23. The zero-order valence-corrected chi connectivity index (χ0v) is 10.6. The monoisotopic (exact) mass is 224 g/mol. The molecule has 16 heavy (non-hydrogen) atoms. The van der Waals surface area contributed by atoms with E-state index < -0.39 is 11.2 Å². The maximum absolute atomic E-state index is 10.9. The molecular formula is C12H20N2O2. The minimum absolute atomic E-state index is 0.311. The molecule has 1 aromatic rings. The van der Waals surface area contributed by atoms with E-state index in [9.17, 15) is 5.11 Å². The van der Waals surface area contributed by atoms with Crippen molar-refractivity contribution in [3.63, 3.8) is 0 Å². The SMILES string of the molecule is Cn1cc(C2(O)CC(C)(C)OC2(C)C)cn1. The molecule has 1 aromatic heterocycles. The molecule has 0 spiro atoms. The normalized spacial score (nSPS) is 31.9. The minimum atomic E-state index is -0.968. The Balaban J connectivity index is 2.45. The Labute approximate surface area is 96.2 Å². The summed E-state index contributed by atoms with van der Waals surface area (Å²) in [6.07, 6.45) is 4.15. The highest BCUT2D eigenvalue weighted by molar-refractivity contribution is 5.24. The molecule has 4 nitrogen and oxygen atoms in total. The van der Waals surface area contributed by atoms with Gasteiger partial charge >= 0.3 is 0 Å². The smallest absolute Gasteiger partial charge is 0.124 e. The van der Waals surface area contributed by atoms with Crippen molar-refractivity contribution in [2.24, 2.45) is 7.05 Å². The number of aromatic nitrogens is 2.